The maximum absolute atomic E-state index is 12.5. The van der Waals surface area contributed by atoms with Crippen LogP contribution >= 0.6 is 0 Å². The molecule has 0 fully saturated rings. The molecule has 0 spiro atoms. The number of hydrogen-bond donors (Lipinski definition) is 2. The molecule has 1 aromatic heterocycles. The van der Waals surface area contributed by atoms with Crippen LogP contribution in [-0.2, 0) is 0 Å². The molecular formula is C25H30N4O4. The topological polar surface area (TPSA) is 85.0 Å². The van der Waals surface area contributed by atoms with Crippen molar-refractivity contribution in [1.82, 2.24) is 15.2 Å². The Hall–Kier alpha value is -3.78. The highest BCUT2D eigenvalue weighted by atomic mass is 16.5. The van der Waals surface area contributed by atoms with E-state index in [1.807, 2.05) is 55.4 Å². The van der Waals surface area contributed by atoms with E-state index < -0.39 is 0 Å². The van der Waals surface area contributed by atoms with Gasteiger partial charge in [-0.3, -0.25) is 9.78 Å². The van der Waals surface area contributed by atoms with Crippen molar-refractivity contribution in [1.29, 1.82) is 0 Å². The molecule has 2 N–H and O–H groups in total. The Bertz CT molecular complexity index is 1080. The molecule has 3 aromatic rings. The van der Waals surface area contributed by atoms with Crippen molar-refractivity contribution in [2.45, 2.75) is 0 Å². The molecule has 1 heterocycles. The Balaban J connectivity index is 1.81. The van der Waals surface area contributed by atoms with Crippen molar-refractivity contribution >= 4 is 17.3 Å². The van der Waals surface area contributed by atoms with Crippen LogP contribution in [0.5, 0.6) is 17.2 Å². The van der Waals surface area contributed by atoms with Crippen LogP contribution in [0.2, 0.25) is 0 Å². The second-order valence-corrected chi connectivity index (χ2v) is 7.64. The Kier molecular flexibility index (Phi) is 8.10. The number of nitrogens with one attached hydrogen (secondary N) is 2. The highest BCUT2D eigenvalue weighted by Crippen LogP contribution is 2.40. The molecule has 1 amide bonds. The first-order chi connectivity index (χ1) is 15.9. The number of nitrogens with zero attached hydrogens (tertiary/aromatic N) is 2. The Morgan fingerprint density at radius 2 is 1.64 bits per heavy atom. The first kappa shape index (κ1) is 23.9. The van der Waals surface area contributed by atoms with Crippen LogP contribution in [0.15, 0.2) is 54.9 Å². The number of hydrogen-bond acceptors (Lipinski definition) is 7. The number of anilines is 2. The maximum atomic E-state index is 12.5. The minimum Gasteiger partial charge on any atom is -0.493 e. The minimum atomic E-state index is -0.0987. The molecule has 8 nitrogen and oxygen atoms in total. The van der Waals surface area contributed by atoms with Gasteiger partial charge < -0.3 is 29.7 Å². The van der Waals surface area contributed by atoms with Gasteiger partial charge in [-0.05, 0) is 37.9 Å². The van der Waals surface area contributed by atoms with E-state index >= 15 is 0 Å². The fraction of sp³-hybridized carbons (Fsp3) is 0.280. The van der Waals surface area contributed by atoms with Gasteiger partial charge in [0.2, 0.25) is 5.75 Å². The van der Waals surface area contributed by atoms with E-state index in [-0.39, 0.29) is 5.91 Å². The van der Waals surface area contributed by atoms with E-state index in [1.165, 1.54) is 0 Å². The summed E-state index contributed by atoms with van der Waals surface area (Å²) in [6.45, 7) is 1.37. The van der Waals surface area contributed by atoms with Crippen LogP contribution in [0.1, 0.15) is 10.4 Å². The SMILES string of the molecule is COc1cc(Nc2cncc(-c3cccc(C(=O)NCCN(C)C)c3)c2)cc(OC)c1OC. The molecule has 2 aromatic carbocycles. The highest BCUT2D eigenvalue weighted by Gasteiger charge is 2.14. The van der Waals surface area contributed by atoms with Gasteiger partial charge in [0.05, 0.1) is 33.2 Å². The van der Waals surface area contributed by atoms with Gasteiger partial charge in [-0.15, -0.1) is 0 Å². The molecule has 0 atom stereocenters. The Morgan fingerprint density at radius 1 is 0.909 bits per heavy atom. The van der Waals surface area contributed by atoms with E-state index in [0.29, 0.717) is 29.4 Å². The molecule has 33 heavy (non-hydrogen) atoms. The summed E-state index contributed by atoms with van der Waals surface area (Å²) in [5.74, 6) is 1.53. The quantitative estimate of drug-likeness (QED) is 0.486. The van der Waals surface area contributed by atoms with Crippen molar-refractivity contribution < 1.29 is 19.0 Å². The minimum absolute atomic E-state index is 0.0987. The fourth-order valence-corrected chi connectivity index (χ4v) is 3.32. The molecule has 0 radical (unpaired) electrons. The monoisotopic (exact) mass is 450 g/mol. The van der Waals surface area contributed by atoms with Crippen molar-refractivity contribution in [2.24, 2.45) is 0 Å². The summed E-state index contributed by atoms with van der Waals surface area (Å²) in [5.41, 5.74) is 3.93. The summed E-state index contributed by atoms with van der Waals surface area (Å²) in [4.78, 5) is 18.9. The van der Waals surface area contributed by atoms with Gasteiger partial charge in [0, 0.05) is 48.2 Å². The number of carbonyl (C=O) groups is 1. The van der Waals surface area contributed by atoms with Crippen LogP contribution < -0.4 is 24.8 Å². The van der Waals surface area contributed by atoms with Crippen molar-refractivity contribution in [3.8, 4) is 28.4 Å². The fourth-order valence-electron chi connectivity index (χ4n) is 3.32. The molecule has 0 unspecified atom stereocenters. The molecule has 0 saturated carbocycles. The zero-order valence-corrected chi connectivity index (χ0v) is 19.6. The van der Waals surface area contributed by atoms with Gasteiger partial charge in [-0.2, -0.15) is 0 Å². The largest absolute Gasteiger partial charge is 0.493 e. The predicted molar refractivity (Wildman–Crippen MR) is 130 cm³/mol. The smallest absolute Gasteiger partial charge is 0.251 e. The lowest BCUT2D eigenvalue weighted by atomic mass is 10.0. The van der Waals surface area contributed by atoms with E-state index in [9.17, 15) is 4.79 Å². The molecule has 174 valence electrons. The number of aromatic nitrogens is 1. The zero-order chi connectivity index (χ0) is 23.8. The second-order valence-electron chi connectivity index (χ2n) is 7.64. The predicted octanol–water partition coefficient (Wildman–Crippen LogP) is 3.81. The summed E-state index contributed by atoms with van der Waals surface area (Å²) < 4.78 is 16.2. The van der Waals surface area contributed by atoms with E-state index in [0.717, 1.165) is 29.0 Å². The first-order valence-corrected chi connectivity index (χ1v) is 10.5. The summed E-state index contributed by atoms with van der Waals surface area (Å²) in [6, 6.07) is 13.1. The van der Waals surface area contributed by atoms with Gasteiger partial charge >= 0.3 is 0 Å². The maximum Gasteiger partial charge on any atom is 0.251 e. The van der Waals surface area contributed by atoms with Crippen LogP contribution in [0, 0.1) is 0 Å². The van der Waals surface area contributed by atoms with Gasteiger partial charge in [0.1, 0.15) is 0 Å². The summed E-state index contributed by atoms with van der Waals surface area (Å²) in [5, 5.41) is 6.27. The lowest BCUT2D eigenvalue weighted by Gasteiger charge is -2.15. The van der Waals surface area contributed by atoms with Crippen LogP contribution in [-0.4, -0.2) is 64.3 Å². The highest BCUT2D eigenvalue weighted by molar-refractivity contribution is 5.95. The molecule has 0 bridgehead atoms. The third-order valence-corrected chi connectivity index (χ3v) is 4.99. The number of benzene rings is 2. The first-order valence-electron chi connectivity index (χ1n) is 10.5. The molecule has 0 aliphatic heterocycles. The average Bonchev–Trinajstić information content (AvgIpc) is 2.83. The summed E-state index contributed by atoms with van der Waals surface area (Å²) in [7, 11) is 8.66. The van der Waals surface area contributed by atoms with Gasteiger partial charge in [0.15, 0.2) is 11.5 Å². The summed E-state index contributed by atoms with van der Waals surface area (Å²) in [6.07, 6.45) is 3.49. The van der Waals surface area contributed by atoms with Crippen molar-refractivity contribution in [3.63, 3.8) is 0 Å². The number of rotatable bonds is 10. The van der Waals surface area contributed by atoms with Crippen LogP contribution in [0.4, 0.5) is 11.4 Å². The third kappa shape index (κ3) is 6.14. The lowest BCUT2D eigenvalue weighted by Crippen LogP contribution is -2.31. The van der Waals surface area contributed by atoms with E-state index in [4.69, 9.17) is 14.2 Å². The number of amides is 1. The van der Waals surface area contributed by atoms with E-state index in [1.54, 1.807) is 39.8 Å². The lowest BCUT2D eigenvalue weighted by molar-refractivity contribution is 0.0951. The second kappa shape index (κ2) is 11.2. The Morgan fingerprint density at radius 3 is 2.27 bits per heavy atom. The Labute approximate surface area is 194 Å². The standard InChI is InChI=1S/C25H30N4O4/c1-29(2)10-9-27-25(30)18-8-6-7-17(11-18)19-12-21(16-26-15-19)28-20-13-22(31-3)24(33-5)23(14-20)32-4/h6-8,11-16,28H,9-10H2,1-5H3,(H,27,30). The van der Waals surface area contributed by atoms with E-state index in [2.05, 4.69) is 15.6 Å². The molecule has 0 aliphatic carbocycles. The van der Waals surface area contributed by atoms with Gasteiger partial charge in [0.25, 0.3) is 5.91 Å². The molecule has 0 saturated heterocycles. The number of carbonyl (C=O) groups excluding carboxylic acids is 1. The number of likely N-dealkylation sites (N-methyl/N-ethyl adjacent to an activating group) is 1. The third-order valence-electron chi connectivity index (χ3n) is 4.99. The molecule has 8 heteroatoms. The zero-order valence-electron chi connectivity index (χ0n) is 19.6. The number of ether oxygens (including phenoxy) is 3. The van der Waals surface area contributed by atoms with Gasteiger partial charge in [-0.1, -0.05) is 12.1 Å². The molecular weight excluding hydrogens is 420 g/mol. The molecule has 3 rings (SSSR count). The van der Waals surface area contributed by atoms with Crippen molar-refractivity contribution in [2.75, 3.05) is 53.8 Å². The summed E-state index contributed by atoms with van der Waals surface area (Å²) >= 11 is 0. The average molecular weight is 451 g/mol. The van der Waals surface area contributed by atoms with Gasteiger partial charge in [-0.25, -0.2) is 0 Å². The number of pyridine rings is 1. The number of methoxy groups -OCH3 is 3. The normalized spacial score (nSPS) is 10.6. The van der Waals surface area contributed by atoms with Crippen LogP contribution in [0.3, 0.4) is 0 Å². The van der Waals surface area contributed by atoms with Crippen LogP contribution in [0.25, 0.3) is 11.1 Å². The molecule has 0 aliphatic rings. The van der Waals surface area contributed by atoms with Crippen molar-refractivity contribution in [3.05, 3.63) is 60.4 Å².